The highest BCUT2D eigenvalue weighted by atomic mass is 79.9. The Morgan fingerprint density at radius 3 is 2.59 bits per heavy atom. The van der Waals surface area contributed by atoms with Crippen LogP contribution >= 0.6 is 43.5 Å². The largest absolute Gasteiger partial charge is 0.476 e. The van der Waals surface area contributed by atoms with E-state index in [0.29, 0.717) is 32.5 Å². The average Bonchev–Trinajstić information content (AvgIpc) is 2.75. The van der Waals surface area contributed by atoms with Gasteiger partial charge in [-0.05, 0) is 65.7 Å². The van der Waals surface area contributed by atoms with Crippen molar-refractivity contribution in [2.45, 2.75) is 46.1 Å². The minimum Gasteiger partial charge on any atom is -0.476 e. The van der Waals surface area contributed by atoms with Crippen LogP contribution in [-0.4, -0.2) is 34.6 Å². The van der Waals surface area contributed by atoms with Crippen LogP contribution in [0.3, 0.4) is 0 Å². The Morgan fingerprint density at radius 2 is 1.97 bits per heavy atom. The summed E-state index contributed by atoms with van der Waals surface area (Å²) in [6.07, 6.45) is 0.696. The first kappa shape index (κ1) is 26.4. The highest BCUT2D eigenvalue weighted by molar-refractivity contribution is 9.10. The van der Waals surface area contributed by atoms with Crippen molar-refractivity contribution < 1.29 is 14.3 Å². The van der Waals surface area contributed by atoms with E-state index >= 15 is 0 Å². The van der Waals surface area contributed by atoms with Crippen molar-refractivity contribution in [3.05, 3.63) is 66.0 Å². The number of rotatable bonds is 6. The number of hydrogen-bond acceptors (Lipinski definition) is 6. The lowest BCUT2D eigenvalue weighted by Gasteiger charge is -2.21. The molecule has 0 N–H and O–H groups in total. The number of carbonyl (C=O) groups is 1. The molecule has 0 fully saturated rings. The average molecular weight is 614 g/mol. The Bertz CT molecular complexity index is 1310. The van der Waals surface area contributed by atoms with E-state index in [1.807, 2.05) is 26.8 Å². The van der Waals surface area contributed by atoms with Gasteiger partial charge in [0.05, 0.1) is 33.2 Å². The molecule has 0 amide bonds. The van der Waals surface area contributed by atoms with Crippen LogP contribution < -0.4 is 10.3 Å². The number of hydrogen-bond donors (Lipinski definition) is 0. The second-order valence-corrected chi connectivity index (χ2v) is 10.7. The van der Waals surface area contributed by atoms with Crippen LogP contribution in [0.15, 0.2) is 49.2 Å². The lowest BCUT2D eigenvalue weighted by molar-refractivity contribution is -0.150. The molecule has 0 saturated heterocycles. The molecule has 10 heteroatoms. The Hall–Kier alpha value is -2.23. The fourth-order valence-corrected chi connectivity index (χ4v) is 4.44. The summed E-state index contributed by atoms with van der Waals surface area (Å²) in [5, 5.41) is 5.18. The van der Waals surface area contributed by atoms with Gasteiger partial charge in [-0.3, -0.25) is 4.79 Å². The van der Waals surface area contributed by atoms with Crippen LogP contribution in [0.25, 0.3) is 10.9 Å². The Balaban J connectivity index is 2.02. The molecule has 0 bridgehead atoms. The molecule has 1 heterocycles. The zero-order valence-corrected chi connectivity index (χ0v) is 23.3. The maximum absolute atomic E-state index is 13.3. The van der Waals surface area contributed by atoms with Crippen LogP contribution in [0.5, 0.6) is 5.75 Å². The SMILES string of the molecule is CCOC(=O)[C@H](C)Oc1c(Cl)cc(C=Nn2c(C(C)(C)C)nc3ccc(Br)cc3c2=O)cc1Br. The molecule has 180 valence electrons. The number of fused-ring (bicyclic) bond motifs is 1. The van der Waals surface area contributed by atoms with Gasteiger partial charge in [0, 0.05) is 9.89 Å². The van der Waals surface area contributed by atoms with Gasteiger partial charge in [0.15, 0.2) is 11.9 Å². The summed E-state index contributed by atoms with van der Waals surface area (Å²) in [5.41, 5.74) is 0.513. The van der Waals surface area contributed by atoms with Gasteiger partial charge < -0.3 is 9.47 Å². The summed E-state index contributed by atoms with van der Waals surface area (Å²) in [6.45, 7) is 9.47. The van der Waals surface area contributed by atoms with Gasteiger partial charge in [0.1, 0.15) is 5.82 Å². The molecule has 34 heavy (non-hydrogen) atoms. The molecule has 3 rings (SSSR count). The maximum atomic E-state index is 13.3. The smallest absolute Gasteiger partial charge is 0.347 e. The third-order valence-electron chi connectivity index (χ3n) is 4.74. The minimum atomic E-state index is -0.829. The third kappa shape index (κ3) is 5.87. The van der Waals surface area contributed by atoms with Crippen LogP contribution in [0.1, 0.15) is 46.0 Å². The number of ether oxygens (including phenoxy) is 2. The van der Waals surface area contributed by atoms with E-state index in [2.05, 4.69) is 37.0 Å². The molecule has 2 aromatic carbocycles. The quantitative estimate of drug-likeness (QED) is 0.249. The molecule has 3 aromatic rings. The molecular weight excluding hydrogens is 590 g/mol. The molecule has 1 aromatic heterocycles. The Morgan fingerprint density at radius 1 is 1.26 bits per heavy atom. The van der Waals surface area contributed by atoms with Crippen LogP contribution in [0.4, 0.5) is 0 Å². The fraction of sp³-hybridized carbons (Fsp3) is 0.333. The van der Waals surface area contributed by atoms with Crippen LogP contribution in [0, 0.1) is 0 Å². The van der Waals surface area contributed by atoms with E-state index in [1.54, 1.807) is 38.1 Å². The molecular formula is C24H24Br2ClN3O4. The van der Waals surface area contributed by atoms with Crippen molar-refractivity contribution in [1.29, 1.82) is 0 Å². The zero-order chi connectivity index (χ0) is 25.2. The molecule has 0 saturated carbocycles. The predicted octanol–water partition coefficient (Wildman–Crippen LogP) is 6.09. The number of carbonyl (C=O) groups excluding carboxylic acids is 1. The van der Waals surface area contributed by atoms with E-state index in [0.717, 1.165) is 4.47 Å². The van der Waals surface area contributed by atoms with Crippen molar-refractivity contribution in [3.63, 3.8) is 0 Å². The fourth-order valence-electron chi connectivity index (χ4n) is 3.12. The van der Waals surface area contributed by atoms with Gasteiger partial charge in [0.25, 0.3) is 5.56 Å². The molecule has 0 aliphatic carbocycles. The monoisotopic (exact) mass is 611 g/mol. The lowest BCUT2D eigenvalue weighted by atomic mass is 9.95. The van der Waals surface area contributed by atoms with Gasteiger partial charge in [-0.2, -0.15) is 9.78 Å². The highest BCUT2D eigenvalue weighted by Gasteiger charge is 2.23. The van der Waals surface area contributed by atoms with E-state index in [4.69, 9.17) is 26.1 Å². The van der Waals surface area contributed by atoms with Crippen LogP contribution in [0.2, 0.25) is 5.02 Å². The van der Waals surface area contributed by atoms with Crippen molar-refractivity contribution >= 4 is 66.5 Å². The van der Waals surface area contributed by atoms with Gasteiger partial charge in [-0.25, -0.2) is 9.78 Å². The first-order valence-electron chi connectivity index (χ1n) is 10.5. The molecule has 0 spiro atoms. The maximum Gasteiger partial charge on any atom is 0.347 e. The highest BCUT2D eigenvalue weighted by Crippen LogP contribution is 2.35. The zero-order valence-electron chi connectivity index (χ0n) is 19.4. The summed E-state index contributed by atoms with van der Waals surface area (Å²) >= 11 is 13.3. The number of esters is 1. The summed E-state index contributed by atoms with van der Waals surface area (Å²) in [5.74, 6) is 0.349. The van der Waals surface area contributed by atoms with E-state index in [9.17, 15) is 9.59 Å². The number of benzene rings is 2. The van der Waals surface area contributed by atoms with Crippen molar-refractivity contribution in [2.24, 2.45) is 5.10 Å². The first-order valence-corrected chi connectivity index (χ1v) is 12.5. The summed E-state index contributed by atoms with van der Waals surface area (Å²) in [6, 6.07) is 8.75. The first-order chi connectivity index (χ1) is 15.9. The van der Waals surface area contributed by atoms with Crippen molar-refractivity contribution in [2.75, 3.05) is 6.61 Å². The van der Waals surface area contributed by atoms with E-state index < -0.39 is 17.5 Å². The third-order valence-corrected chi connectivity index (χ3v) is 6.10. The summed E-state index contributed by atoms with van der Waals surface area (Å²) < 4.78 is 13.3. The molecule has 7 nitrogen and oxygen atoms in total. The molecule has 0 unspecified atom stereocenters. The van der Waals surface area contributed by atoms with E-state index in [1.165, 1.54) is 10.9 Å². The van der Waals surface area contributed by atoms with Gasteiger partial charge in [-0.15, -0.1) is 0 Å². The number of nitrogens with zero attached hydrogens (tertiary/aromatic N) is 3. The standard InChI is InChI=1S/C24H24Br2ClN3O4/c1-6-33-22(32)13(2)34-20-17(26)9-14(10-18(20)27)12-28-30-21(31)16-11-15(25)7-8-19(16)29-23(30)24(3,4)5/h7-13H,6H2,1-5H3/t13-/m0/s1. The van der Waals surface area contributed by atoms with Crippen molar-refractivity contribution in [3.8, 4) is 5.75 Å². The number of halogens is 3. The lowest BCUT2D eigenvalue weighted by Crippen LogP contribution is -2.29. The predicted molar refractivity (Wildman–Crippen MR) is 141 cm³/mol. The normalized spacial score (nSPS) is 12.8. The summed E-state index contributed by atoms with van der Waals surface area (Å²) in [4.78, 5) is 29.9. The second-order valence-electron chi connectivity index (χ2n) is 8.53. The topological polar surface area (TPSA) is 82.8 Å². The van der Waals surface area contributed by atoms with Crippen LogP contribution in [-0.2, 0) is 14.9 Å². The molecule has 1 atom stereocenters. The number of aromatic nitrogens is 2. The van der Waals surface area contributed by atoms with Crippen molar-refractivity contribution in [1.82, 2.24) is 9.66 Å². The second kappa shape index (κ2) is 10.6. The van der Waals surface area contributed by atoms with E-state index in [-0.39, 0.29) is 17.2 Å². The summed E-state index contributed by atoms with van der Waals surface area (Å²) in [7, 11) is 0. The molecule has 0 aliphatic rings. The Kier molecular flexibility index (Phi) is 8.21. The minimum absolute atomic E-state index is 0.257. The Labute approximate surface area is 219 Å². The molecule has 0 aliphatic heterocycles. The van der Waals surface area contributed by atoms with Gasteiger partial charge in [-0.1, -0.05) is 48.3 Å². The van der Waals surface area contributed by atoms with Gasteiger partial charge in [0.2, 0.25) is 0 Å². The van der Waals surface area contributed by atoms with Gasteiger partial charge >= 0.3 is 5.97 Å². The molecule has 0 radical (unpaired) electrons.